The van der Waals surface area contributed by atoms with Crippen LogP contribution in [0.2, 0.25) is 10.0 Å². The second kappa shape index (κ2) is 5.38. The van der Waals surface area contributed by atoms with Crippen molar-refractivity contribution in [2.75, 3.05) is 0 Å². The van der Waals surface area contributed by atoms with Gasteiger partial charge in [-0.25, -0.2) is 4.98 Å². The molecule has 6 nitrogen and oxygen atoms in total. The first-order valence-corrected chi connectivity index (χ1v) is 6.68. The largest absolute Gasteiger partial charge is 0.370 e. The van der Waals surface area contributed by atoms with Crippen LogP contribution in [0.4, 0.5) is 5.82 Å². The van der Waals surface area contributed by atoms with Gasteiger partial charge in [-0.3, -0.25) is 0 Å². The summed E-state index contributed by atoms with van der Waals surface area (Å²) >= 11 is 12.0. The molecule has 0 N–H and O–H groups in total. The molecule has 0 fully saturated rings. The number of aryl methyl sites for hydroxylation is 3. The van der Waals surface area contributed by atoms with Gasteiger partial charge in [0.05, 0.1) is 10.7 Å². The van der Waals surface area contributed by atoms with Gasteiger partial charge in [-0.15, -0.1) is 0 Å². The molecule has 20 heavy (non-hydrogen) atoms. The number of halogens is 2. The summed E-state index contributed by atoms with van der Waals surface area (Å²) in [7, 11) is 0. The quantitative estimate of drug-likeness (QED) is 0.640. The zero-order chi connectivity index (χ0) is 15.0. The predicted molar refractivity (Wildman–Crippen MR) is 76.9 cm³/mol. The van der Waals surface area contributed by atoms with Gasteiger partial charge in [0.1, 0.15) is 5.69 Å². The van der Waals surface area contributed by atoms with E-state index in [4.69, 9.17) is 23.2 Å². The van der Waals surface area contributed by atoms with Crippen molar-refractivity contribution >= 4 is 29.0 Å². The van der Waals surface area contributed by atoms with Gasteiger partial charge in [0.15, 0.2) is 5.02 Å². The number of hydrogen-bond acceptors (Lipinski definition) is 4. The van der Waals surface area contributed by atoms with Crippen LogP contribution in [0.3, 0.4) is 0 Å². The van der Waals surface area contributed by atoms with Gasteiger partial charge < -0.3 is 10.1 Å². The Morgan fingerprint density at radius 3 is 2.60 bits per heavy atom. The zero-order valence-electron chi connectivity index (χ0n) is 11.1. The summed E-state index contributed by atoms with van der Waals surface area (Å²) in [5.41, 5.74) is 1.73. The number of hydrogen-bond donors (Lipinski definition) is 0. The second-order valence-corrected chi connectivity index (χ2v) is 5.09. The first-order chi connectivity index (χ1) is 9.36. The van der Waals surface area contributed by atoms with Crippen LogP contribution in [0.25, 0.3) is 5.82 Å². The molecular weight excluding hydrogens is 303 g/mol. The molecule has 0 amide bonds. The standard InChI is InChI=1S/C12H12Cl2N4O2/c1-4-9-10(14)12(18(19)20)17(16-9)11-6(2)5-8(13)7(3)15-11/h5H,4H2,1-3H3. The smallest absolute Gasteiger partial charge is 0.358 e. The van der Waals surface area contributed by atoms with Crippen molar-refractivity contribution in [2.24, 2.45) is 0 Å². The Morgan fingerprint density at radius 1 is 1.40 bits per heavy atom. The van der Waals surface area contributed by atoms with Gasteiger partial charge in [0.25, 0.3) is 5.82 Å². The SMILES string of the molecule is CCc1nn(-c2nc(C)c(Cl)cc2C)c([N+](=O)[O-])c1Cl. The molecule has 0 saturated carbocycles. The van der Waals surface area contributed by atoms with E-state index in [1.165, 1.54) is 4.68 Å². The number of nitro groups is 1. The molecule has 0 spiro atoms. The van der Waals surface area contributed by atoms with Crippen LogP contribution in [-0.2, 0) is 6.42 Å². The number of rotatable bonds is 3. The van der Waals surface area contributed by atoms with Gasteiger partial charge >= 0.3 is 5.82 Å². The van der Waals surface area contributed by atoms with E-state index in [0.29, 0.717) is 34.2 Å². The number of pyridine rings is 1. The Kier molecular flexibility index (Phi) is 3.96. The lowest BCUT2D eigenvalue weighted by molar-refractivity contribution is -0.391. The molecular formula is C12H12Cl2N4O2. The maximum absolute atomic E-state index is 11.2. The molecule has 106 valence electrons. The van der Waals surface area contributed by atoms with E-state index in [2.05, 4.69) is 10.1 Å². The third kappa shape index (κ3) is 2.36. The van der Waals surface area contributed by atoms with Crippen LogP contribution in [0.1, 0.15) is 23.9 Å². The summed E-state index contributed by atoms with van der Waals surface area (Å²) in [6.45, 7) is 5.32. The Labute approximate surface area is 125 Å². The highest BCUT2D eigenvalue weighted by Gasteiger charge is 2.29. The third-order valence-corrected chi connectivity index (χ3v) is 3.66. The third-order valence-electron chi connectivity index (χ3n) is 2.89. The summed E-state index contributed by atoms with van der Waals surface area (Å²) in [6.07, 6.45) is 0.498. The molecule has 8 heteroatoms. The van der Waals surface area contributed by atoms with E-state index in [0.717, 1.165) is 0 Å². The van der Waals surface area contributed by atoms with Crippen molar-refractivity contribution in [1.29, 1.82) is 0 Å². The van der Waals surface area contributed by atoms with Crippen molar-refractivity contribution in [1.82, 2.24) is 14.8 Å². The maximum Gasteiger partial charge on any atom is 0.370 e. The van der Waals surface area contributed by atoms with Crippen LogP contribution in [0.5, 0.6) is 0 Å². The Hall–Kier alpha value is -1.66. The molecule has 2 aromatic rings. The molecule has 0 aliphatic carbocycles. The zero-order valence-corrected chi connectivity index (χ0v) is 12.7. The predicted octanol–water partition coefficient (Wildman–Crippen LogP) is 3.66. The van der Waals surface area contributed by atoms with Crippen molar-refractivity contribution in [3.63, 3.8) is 0 Å². The van der Waals surface area contributed by atoms with Crippen LogP contribution < -0.4 is 0 Å². The Morgan fingerprint density at radius 2 is 2.05 bits per heavy atom. The molecule has 2 aromatic heterocycles. The normalized spacial score (nSPS) is 10.8. The summed E-state index contributed by atoms with van der Waals surface area (Å²) in [6, 6.07) is 1.70. The maximum atomic E-state index is 11.2. The van der Waals surface area contributed by atoms with E-state index >= 15 is 0 Å². The first kappa shape index (κ1) is 14.7. The van der Waals surface area contributed by atoms with Crippen molar-refractivity contribution in [3.05, 3.63) is 43.2 Å². The lowest BCUT2D eigenvalue weighted by Crippen LogP contribution is -2.07. The summed E-state index contributed by atoms with van der Waals surface area (Å²) in [5, 5.41) is 16.0. The molecule has 0 aliphatic rings. The number of nitrogens with zero attached hydrogens (tertiary/aromatic N) is 4. The lowest BCUT2D eigenvalue weighted by atomic mass is 10.2. The fourth-order valence-corrected chi connectivity index (χ4v) is 2.37. The van der Waals surface area contributed by atoms with Crippen LogP contribution >= 0.6 is 23.2 Å². The summed E-state index contributed by atoms with van der Waals surface area (Å²) in [4.78, 5) is 14.9. The summed E-state index contributed by atoms with van der Waals surface area (Å²) < 4.78 is 1.17. The molecule has 0 bridgehead atoms. The van der Waals surface area contributed by atoms with E-state index in [-0.39, 0.29) is 10.8 Å². The fourth-order valence-electron chi connectivity index (χ4n) is 1.84. The number of aromatic nitrogens is 3. The lowest BCUT2D eigenvalue weighted by Gasteiger charge is -2.04. The Balaban J connectivity index is 2.76. The molecule has 0 aromatic carbocycles. The van der Waals surface area contributed by atoms with Gasteiger partial charge in [-0.05, 0) is 31.3 Å². The highest BCUT2D eigenvalue weighted by atomic mass is 35.5. The highest BCUT2D eigenvalue weighted by molar-refractivity contribution is 6.33. The van der Waals surface area contributed by atoms with Crippen molar-refractivity contribution in [3.8, 4) is 5.82 Å². The van der Waals surface area contributed by atoms with Crippen LogP contribution in [0.15, 0.2) is 6.07 Å². The van der Waals surface area contributed by atoms with Gasteiger partial charge in [0.2, 0.25) is 0 Å². The second-order valence-electron chi connectivity index (χ2n) is 4.30. The Bertz CT molecular complexity index is 697. The van der Waals surface area contributed by atoms with Gasteiger partial charge in [-0.2, -0.15) is 0 Å². The van der Waals surface area contributed by atoms with Crippen molar-refractivity contribution < 1.29 is 4.92 Å². The molecule has 0 saturated heterocycles. The molecule has 2 rings (SSSR count). The van der Waals surface area contributed by atoms with Gasteiger partial charge in [-0.1, -0.05) is 39.9 Å². The molecule has 2 heterocycles. The molecule has 0 aliphatic heterocycles. The van der Waals surface area contributed by atoms with E-state index in [9.17, 15) is 10.1 Å². The highest BCUT2D eigenvalue weighted by Crippen LogP contribution is 2.32. The summed E-state index contributed by atoms with van der Waals surface area (Å²) in [5.74, 6) is 0.0843. The topological polar surface area (TPSA) is 73.8 Å². The fraction of sp³-hybridized carbons (Fsp3) is 0.333. The minimum atomic E-state index is -0.556. The minimum Gasteiger partial charge on any atom is -0.358 e. The van der Waals surface area contributed by atoms with Crippen molar-refractivity contribution in [2.45, 2.75) is 27.2 Å². The average Bonchev–Trinajstić information content (AvgIpc) is 2.70. The van der Waals surface area contributed by atoms with Crippen LogP contribution in [-0.4, -0.2) is 19.7 Å². The van der Waals surface area contributed by atoms with E-state index in [1.54, 1.807) is 19.9 Å². The first-order valence-electron chi connectivity index (χ1n) is 5.92. The van der Waals surface area contributed by atoms with Gasteiger partial charge in [0, 0.05) is 5.56 Å². The van der Waals surface area contributed by atoms with E-state index < -0.39 is 4.92 Å². The van der Waals surface area contributed by atoms with E-state index in [1.807, 2.05) is 6.92 Å². The minimum absolute atomic E-state index is 0.0475. The average molecular weight is 315 g/mol. The molecule has 0 unspecified atom stereocenters. The van der Waals surface area contributed by atoms with Crippen LogP contribution in [0, 0.1) is 24.0 Å². The molecule has 0 atom stereocenters. The monoisotopic (exact) mass is 314 g/mol. The molecule has 0 radical (unpaired) electrons.